The second-order valence-corrected chi connectivity index (χ2v) is 8.67. The highest BCUT2D eigenvalue weighted by Crippen LogP contribution is 2.48. The molecule has 0 aliphatic carbocycles. The monoisotopic (exact) mass is 432 g/mol. The van der Waals surface area contributed by atoms with Gasteiger partial charge >= 0.3 is 0 Å². The number of furan rings is 1. The molecule has 0 bridgehead atoms. The number of fused-ring (bicyclic) bond motifs is 3. The fourth-order valence-electron chi connectivity index (χ4n) is 4.10. The molecule has 0 fully saturated rings. The van der Waals surface area contributed by atoms with Crippen molar-refractivity contribution in [2.45, 2.75) is 18.7 Å². The first-order valence-electron chi connectivity index (χ1n) is 9.78. The van der Waals surface area contributed by atoms with E-state index in [1.807, 2.05) is 59.6 Å². The molecule has 6 rings (SSSR count). The third-order valence-electron chi connectivity index (χ3n) is 5.51. The first kappa shape index (κ1) is 17.8. The Bertz CT molecular complexity index is 1250. The number of thiophene rings is 1. The maximum absolute atomic E-state index is 6.37. The molecule has 0 N–H and O–H groups in total. The van der Waals surface area contributed by atoms with E-state index in [4.69, 9.17) is 25.9 Å². The summed E-state index contributed by atoms with van der Waals surface area (Å²) >= 11 is 8.07. The summed E-state index contributed by atoms with van der Waals surface area (Å²) in [5.41, 5.74) is 3.10. The van der Waals surface area contributed by atoms with Gasteiger partial charge in [-0.15, -0.1) is 11.3 Å². The van der Waals surface area contributed by atoms with E-state index in [-0.39, 0.29) is 6.04 Å². The van der Waals surface area contributed by atoms with Crippen LogP contribution >= 0.6 is 22.9 Å². The number of hydrogen-bond acceptors (Lipinski definition) is 5. The van der Waals surface area contributed by atoms with Crippen LogP contribution in [0.3, 0.4) is 0 Å². The number of ether oxygens (including phenoxy) is 1. The van der Waals surface area contributed by atoms with Crippen molar-refractivity contribution in [1.82, 2.24) is 5.01 Å². The molecule has 2 aromatic carbocycles. The summed E-state index contributed by atoms with van der Waals surface area (Å²) in [6.07, 6.45) is 0.411. The third kappa shape index (κ3) is 2.85. The highest BCUT2D eigenvalue weighted by molar-refractivity contribution is 7.12. The molecule has 0 amide bonds. The van der Waals surface area contributed by atoms with Crippen molar-refractivity contribution < 1.29 is 9.15 Å². The van der Waals surface area contributed by atoms with Crippen molar-refractivity contribution in [2.75, 3.05) is 0 Å². The molecule has 2 aliphatic rings. The van der Waals surface area contributed by atoms with Crippen molar-refractivity contribution in [3.05, 3.63) is 99.4 Å². The molecule has 0 unspecified atom stereocenters. The molecule has 30 heavy (non-hydrogen) atoms. The van der Waals surface area contributed by atoms with E-state index in [1.165, 1.54) is 4.88 Å². The number of hydrazone groups is 1. The number of rotatable bonds is 3. The highest BCUT2D eigenvalue weighted by atomic mass is 35.5. The Labute approximate surface area is 183 Å². The van der Waals surface area contributed by atoms with E-state index in [0.29, 0.717) is 10.8 Å². The summed E-state index contributed by atoms with van der Waals surface area (Å²) in [5, 5.41) is 9.73. The zero-order valence-corrected chi connectivity index (χ0v) is 17.4. The number of nitrogens with zero attached hydrogens (tertiary/aromatic N) is 2. The lowest BCUT2D eigenvalue weighted by Gasteiger charge is -2.36. The standard InChI is InChI=1S/C24H17ClN2O2S/c25-17-8-3-1-6-15(17)21-11-12-22(28-21)24-27-19(16-7-2-4-9-20(16)29-24)14-18(26-27)23-10-5-13-30-23/h1-13,19,24H,14H2/t19-,24+/m0/s1. The molecule has 6 heteroatoms. The van der Waals surface area contributed by atoms with Crippen LogP contribution in [0.1, 0.15) is 34.9 Å². The van der Waals surface area contributed by atoms with E-state index in [1.54, 1.807) is 11.3 Å². The van der Waals surface area contributed by atoms with Crippen LogP contribution in [0.2, 0.25) is 5.02 Å². The molecule has 4 aromatic rings. The van der Waals surface area contributed by atoms with Crippen LogP contribution in [0.5, 0.6) is 5.75 Å². The smallest absolute Gasteiger partial charge is 0.246 e. The Hall–Kier alpha value is -3.02. The van der Waals surface area contributed by atoms with Crippen molar-refractivity contribution >= 4 is 28.6 Å². The SMILES string of the molecule is Clc1ccccc1-c1ccc([C@H]2Oc3ccccc3[C@@H]3CC(c4cccs4)=NN23)o1. The molecular formula is C24H17ClN2O2S. The molecular weight excluding hydrogens is 416 g/mol. The van der Waals surface area contributed by atoms with Crippen LogP contribution in [0.15, 0.2) is 87.7 Å². The van der Waals surface area contributed by atoms with Crippen LogP contribution in [-0.2, 0) is 0 Å². The van der Waals surface area contributed by atoms with Gasteiger partial charge in [-0.1, -0.05) is 48.0 Å². The average Bonchev–Trinajstić information content (AvgIpc) is 3.53. The van der Waals surface area contributed by atoms with Crippen LogP contribution < -0.4 is 4.74 Å². The van der Waals surface area contributed by atoms with Crippen LogP contribution in [0.25, 0.3) is 11.3 Å². The second kappa shape index (κ2) is 7.04. The zero-order valence-electron chi connectivity index (χ0n) is 15.9. The molecule has 148 valence electrons. The largest absolute Gasteiger partial charge is 0.461 e. The lowest BCUT2D eigenvalue weighted by molar-refractivity contribution is -0.0321. The van der Waals surface area contributed by atoms with E-state index in [0.717, 1.165) is 34.8 Å². The molecule has 2 atom stereocenters. The van der Waals surface area contributed by atoms with Crippen molar-refractivity contribution in [3.63, 3.8) is 0 Å². The predicted molar refractivity (Wildman–Crippen MR) is 119 cm³/mol. The van der Waals surface area contributed by atoms with Gasteiger partial charge in [0, 0.05) is 17.5 Å². The molecule has 0 spiro atoms. The predicted octanol–water partition coefficient (Wildman–Crippen LogP) is 6.90. The number of para-hydroxylation sites is 1. The molecule has 2 aromatic heterocycles. The van der Waals surface area contributed by atoms with E-state index < -0.39 is 6.23 Å². The van der Waals surface area contributed by atoms with Crippen molar-refractivity contribution in [1.29, 1.82) is 0 Å². The van der Waals surface area contributed by atoms with Gasteiger partial charge in [0.05, 0.1) is 21.7 Å². The normalized spacial score (nSPS) is 19.8. The Morgan fingerprint density at radius 1 is 0.967 bits per heavy atom. The summed E-state index contributed by atoms with van der Waals surface area (Å²) in [6, 6.07) is 24.0. The first-order chi connectivity index (χ1) is 14.8. The maximum Gasteiger partial charge on any atom is 0.246 e. The van der Waals surface area contributed by atoms with Gasteiger partial charge in [-0.05, 0) is 41.8 Å². The van der Waals surface area contributed by atoms with Crippen LogP contribution in [-0.4, -0.2) is 10.7 Å². The number of halogens is 1. The van der Waals surface area contributed by atoms with E-state index in [2.05, 4.69) is 23.6 Å². The van der Waals surface area contributed by atoms with E-state index >= 15 is 0 Å². The van der Waals surface area contributed by atoms with Gasteiger partial charge in [-0.3, -0.25) is 0 Å². The zero-order chi connectivity index (χ0) is 20.1. The summed E-state index contributed by atoms with van der Waals surface area (Å²) in [7, 11) is 0. The number of benzene rings is 2. The second-order valence-electron chi connectivity index (χ2n) is 7.31. The highest BCUT2D eigenvalue weighted by Gasteiger charge is 2.42. The minimum atomic E-state index is -0.432. The molecule has 0 radical (unpaired) electrons. The van der Waals surface area contributed by atoms with Gasteiger partial charge < -0.3 is 9.15 Å². The van der Waals surface area contributed by atoms with E-state index in [9.17, 15) is 0 Å². The first-order valence-corrected chi connectivity index (χ1v) is 11.0. The van der Waals surface area contributed by atoms with Crippen molar-refractivity contribution in [2.24, 2.45) is 5.10 Å². The summed E-state index contributed by atoms with van der Waals surface area (Å²) in [5.74, 6) is 2.30. The minimum Gasteiger partial charge on any atom is -0.461 e. The molecule has 0 saturated carbocycles. The third-order valence-corrected chi connectivity index (χ3v) is 6.76. The molecule has 2 aliphatic heterocycles. The topological polar surface area (TPSA) is 38.0 Å². The molecule has 4 heterocycles. The van der Waals surface area contributed by atoms with Gasteiger partial charge in [0.1, 0.15) is 11.5 Å². The number of hydrogen-bond donors (Lipinski definition) is 0. The fraction of sp³-hybridized carbons (Fsp3) is 0.125. The minimum absolute atomic E-state index is 0.117. The molecule has 0 saturated heterocycles. The maximum atomic E-state index is 6.37. The Morgan fingerprint density at radius 3 is 2.70 bits per heavy atom. The Kier molecular flexibility index (Phi) is 4.18. The fourth-order valence-corrected chi connectivity index (χ4v) is 5.05. The van der Waals surface area contributed by atoms with Crippen LogP contribution in [0.4, 0.5) is 0 Å². The lowest BCUT2D eigenvalue weighted by Crippen LogP contribution is -2.33. The average molecular weight is 433 g/mol. The van der Waals surface area contributed by atoms with Crippen molar-refractivity contribution in [3.8, 4) is 17.1 Å². The summed E-state index contributed by atoms with van der Waals surface area (Å²) in [4.78, 5) is 1.19. The van der Waals surface area contributed by atoms with Gasteiger partial charge in [0.15, 0.2) is 5.76 Å². The summed E-state index contributed by atoms with van der Waals surface area (Å²) in [6.45, 7) is 0. The Morgan fingerprint density at radius 2 is 1.83 bits per heavy atom. The van der Waals surface area contributed by atoms with Gasteiger partial charge in [0.25, 0.3) is 0 Å². The Balaban J connectivity index is 1.42. The van der Waals surface area contributed by atoms with Gasteiger partial charge in [-0.2, -0.15) is 5.10 Å². The van der Waals surface area contributed by atoms with Gasteiger partial charge in [0.2, 0.25) is 6.23 Å². The lowest BCUT2D eigenvalue weighted by atomic mass is 9.98. The molecule has 4 nitrogen and oxygen atoms in total. The quantitative estimate of drug-likeness (QED) is 0.353. The van der Waals surface area contributed by atoms with Crippen LogP contribution in [0, 0.1) is 0 Å². The van der Waals surface area contributed by atoms with Gasteiger partial charge in [-0.25, -0.2) is 5.01 Å². The summed E-state index contributed by atoms with van der Waals surface area (Å²) < 4.78 is 12.6.